The molecule has 0 radical (unpaired) electrons. The zero-order valence-corrected chi connectivity index (χ0v) is 10.6. The molecule has 2 rings (SSSR count). The molecule has 5 heteroatoms. The lowest BCUT2D eigenvalue weighted by Gasteiger charge is -2.30. The molecule has 0 saturated carbocycles. The average Bonchev–Trinajstić information content (AvgIpc) is 2.38. The van der Waals surface area contributed by atoms with Gasteiger partial charge in [0.15, 0.2) is 0 Å². The van der Waals surface area contributed by atoms with Crippen molar-refractivity contribution in [3.63, 3.8) is 0 Å². The van der Waals surface area contributed by atoms with Gasteiger partial charge in [-0.25, -0.2) is 0 Å². The molecule has 2 N–H and O–H groups in total. The Morgan fingerprint density at radius 1 is 1.56 bits per heavy atom. The van der Waals surface area contributed by atoms with Gasteiger partial charge in [-0.3, -0.25) is 10.1 Å². The fourth-order valence-electron chi connectivity index (χ4n) is 2.35. The summed E-state index contributed by atoms with van der Waals surface area (Å²) in [4.78, 5) is 10.3. The lowest BCUT2D eigenvalue weighted by molar-refractivity contribution is -0.384. The second-order valence-corrected chi connectivity index (χ2v) is 4.88. The maximum Gasteiger partial charge on any atom is 0.269 e. The minimum absolute atomic E-state index is 0.160. The maximum absolute atomic E-state index is 10.7. The van der Waals surface area contributed by atoms with Gasteiger partial charge >= 0.3 is 0 Å². The van der Waals surface area contributed by atoms with E-state index in [4.69, 9.17) is 0 Å². The van der Waals surface area contributed by atoms with Crippen molar-refractivity contribution in [2.45, 2.75) is 25.9 Å². The smallest absolute Gasteiger partial charge is 0.269 e. The van der Waals surface area contributed by atoms with Gasteiger partial charge in [0.25, 0.3) is 5.69 Å². The first-order chi connectivity index (χ1) is 8.66. The van der Waals surface area contributed by atoms with Crippen molar-refractivity contribution >= 4 is 5.69 Å². The van der Waals surface area contributed by atoms with Crippen LogP contribution in [0.1, 0.15) is 18.9 Å². The number of nitrogens with zero attached hydrogens (tertiary/aromatic N) is 1. The van der Waals surface area contributed by atoms with E-state index in [1.165, 1.54) is 6.07 Å². The fourth-order valence-corrected chi connectivity index (χ4v) is 2.35. The van der Waals surface area contributed by atoms with Crippen LogP contribution in [0.15, 0.2) is 24.3 Å². The van der Waals surface area contributed by atoms with Gasteiger partial charge < -0.3 is 10.6 Å². The zero-order chi connectivity index (χ0) is 13.0. The van der Waals surface area contributed by atoms with E-state index in [9.17, 15) is 10.1 Å². The van der Waals surface area contributed by atoms with Gasteiger partial charge in [-0.1, -0.05) is 19.1 Å². The molecule has 2 atom stereocenters. The first-order valence-corrected chi connectivity index (χ1v) is 6.34. The van der Waals surface area contributed by atoms with E-state index in [1.807, 2.05) is 6.07 Å². The molecular formula is C13H19N3O2. The molecule has 0 aliphatic carbocycles. The SMILES string of the molecule is CC1CNCCC1NCc1cccc([N+](=O)[O-])c1. The summed E-state index contributed by atoms with van der Waals surface area (Å²) in [6.07, 6.45) is 1.11. The van der Waals surface area contributed by atoms with Gasteiger partial charge in [0.05, 0.1) is 4.92 Å². The van der Waals surface area contributed by atoms with E-state index in [0.29, 0.717) is 18.5 Å². The molecule has 0 bridgehead atoms. The number of hydrogen-bond donors (Lipinski definition) is 2. The summed E-state index contributed by atoms with van der Waals surface area (Å²) in [5.41, 5.74) is 1.13. The van der Waals surface area contributed by atoms with Crippen molar-refractivity contribution in [2.24, 2.45) is 5.92 Å². The van der Waals surface area contributed by atoms with Gasteiger partial charge in [-0.2, -0.15) is 0 Å². The summed E-state index contributed by atoms with van der Waals surface area (Å²) >= 11 is 0. The molecule has 5 nitrogen and oxygen atoms in total. The van der Waals surface area contributed by atoms with E-state index in [0.717, 1.165) is 25.1 Å². The topological polar surface area (TPSA) is 67.2 Å². The Bertz CT molecular complexity index is 422. The van der Waals surface area contributed by atoms with Crippen LogP contribution < -0.4 is 10.6 Å². The van der Waals surface area contributed by atoms with Crippen LogP contribution in [0.5, 0.6) is 0 Å². The third-order valence-corrected chi connectivity index (χ3v) is 3.48. The Balaban J connectivity index is 1.93. The second kappa shape index (κ2) is 5.93. The van der Waals surface area contributed by atoms with Crippen LogP contribution in [0.25, 0.3) is 0 Å². The lowest BCUT2D eigenvalue weighted by Crippen LogP contribution is -2.45. The third kappa shape index (κ3) is 3.27. The van der Waals surface area contributed by atoms with Gasteiger partial charge in [-0.15, -0.1) is 0 Å². The monoisotopic (exact) mass is 249 g/mol. The highest BCUT2D eigenvalue weighted by Crippen LogP contribution is 2.15. The number of rotatable bonds is 4. The van der Waals surface area contributed by atoms with E-state index >= 15 is 0 Å². The Labute approximate surface area is 107 Å². The van der Waals surface area contributed by atoms with E-state index in [2.05, 4.69) is 17.6 Å². The second-order valence-electron chi connectivity index (χ2n) is 4.88. The minimum Gasteiger partial charge on any atom is -0.316 e. The molecule has 2 unspecified atom stereocenters. The van der Waals surface area contributed by atoms with Crippen LogP contribution >= 0.6 is 0 Å². The van der Waals surface area contributed by atoms with Crippen LogP contribution in [-0.4, -0.2) is 24.1 Å². The van der Waals surface area contributed by atoms with Crippen LogP contribution in [0.4, 0.5) is 5.69 Å². The fraction of sp³-hybridized carbons (Fsp3) is 0.538. The van der Waals surface area contributed by atoms with Crippen molar-refractivity contribution < 1.29 is 4.92 Å². The molecule has 1 aliphatic rings. The molecule has 0 amide bonds. The van der Waals surface area contributed by atoms with Gasteiger partial charge in [0.2, 0.25) is 0 Å². The maximum atomic E-state index is 10.7. The van der Waals surface area contributed by atoms with E-state index < -0.39 is 0 Å². The largest absolute Gasteiger partial charge is 0.316 e. The summed E-state index contributed by atoms with van der Waals surface area (Å²) in [5, 5.41) is 17.5. The molecule has 1 aromatic rings. The van der Waals surface area contributed by atoms with Gasteiger partial charge in [0, 0.05) is 24.7 Å². The van der Waals surface area contributed by atoms with Crippen molar-refractivity contribution in [1.29, 1.82) is 0 Å². The van der Waals surface area contributed by atoms with Crippen molar-refractivity contribution in [2.75, 3.05) is 13.1 Å². The van der Waals surface area contributed by atoms with Crippen LogP contribution in [-0.2, 0) is 6.54 Å². The number of nitrogens with one attached hydrogen (secondary N) is 2. The quantitative estimate of drug-likeness (QED) is 0.629. The Hall–Kier alpha value is -1.46. The molecular weight excluding hydrogens is 230 g/mol. The molecule has 1 saturated heterocycles. The van der Waals surface area contributed by atoms with Crippen LogP contribution in [0.2, 0.25) is 0 Å². The van der Waals surface area contributed by atoms with E-state index in [1.54, 1.807) is 12.1 Å². The van der Waals surface area contributed by atoms with Crippen LogP contribution in [0, 0.1) is 16.0 Å². The standard InChI is InChI=1S/C13H19N3O2/c1-10-8-14-6-5-13(10)15-9-11-3-2-4-12(7-11)16(17)18/h2-4,7,10,13-15H,5-6,8-9H2,1H3. The molecule has 1 aliphatic heterocycles. The Kier molecular flexibility index (Phi) is 4.28. The van der Waals surface area contributed by atoms with Gasteiger partial charge in [-0.05, 0) is 31.0 Å². The van der Waals surface area contributed by atoms with Crippen molar-refractivity contribution in [3.05, 3.63) is 39.9 Å². The number of nitro benzene ring substituents is 1. The van der Waals surface area contributed by atoms with Crippen molar-refractivity contribution in [1.82, 2.24) is 10.6 Å². The predicted octanol–water partition coefficient (Wildman–Crippen LogP) is 1.68. The molecule has 1 fully saturated rings. The van der Waals surface area contributed by atoms with Crippen molar-refractivity contribution in [3.8, 4) is 0 Å². The molecule has 18 heavy (non-hydrogen) atoms. The number of benzene rings is 1. The first kappa shape index (κ1) is 13.0. The third-order valence-electron chi connectivity index (χ3n) is 3.48. The normalized spacial score (nSPS) is 23.8. The Morgan fingerprint density at radius 2 is 2.39 bits per heavy atom. The lowest BCUT2D eigenvalue weighted by atomic mass is 9.95. The van der Waals surface area contributed by atoms with Crippen LogP contribution in [0.3, 0.4) is 0 Å². The summed E-state index contributed by atoms with van der Waals surface area (Å²) in [5.74, 6) is 0.595. The molecule has 0 spiro atoms. The molecule has 1 aromatic carbocycles. The predicted molar refractivity (Wildman–Crippen MR) is 70.4 cm³/mol. The summed E-state index contributed by atoms with van der Waals surface area (Å²) in [6.45, 7) is 4.98. The highest BCUT2D eigenvalue weighted by Gasteiger charge is 2.20. The summed E-state index contributed by atoms with van der Waals surface area (Å²) in [7, 11) is 0. The summed E-state index contributed by atoms with van der Waals surface area (Å²) < 4.78 is 0. The number of nitro groups is 1. The van der Waals surface area contributed by atoms with E-state index in [-0.39, 0.29) is 10.6 Å². The average molecular weight is 249 g/mol. The van der Waals surface area contributed by atoms with Gasteiger partial charge in [0.1, 0.15) is 0 Å². The highest BCUT2D eigenvalue weighted by molar-refractivity contribution is 5.34. The highest BCUT2D eigenvalue weighted by atomic mass is 16.6. The number of piperidine rings is 1. The molecule has 98 valence electrons. The number of hydrogen-bond acceptors (Lipinski definition) is 4. The molecule has 0 aromatic heterocycles. The zero-order valence-electron chi connectivity index (χ0n) is 10.6. The minimum atomic E-state index is -0.351. The Morgan fingerprint density at radius 3 is 3.11 bits per heavy atom. The first-order valence-electron chi connectivity index (χ1n) is 6.34. The summed E-state index contributed by atoms with van der Waals surface area (Å²) in [6, 6.07) is 7.31. The number of non-ortho nitro benzene ring substituents is 1. The molecule has 1 heterocycles.